The van der Waals surface area contributed by atoms with Crippen LogP contribution >= 0.6 is 0 Å². The van der Waals surface area contributed by atoms with Gasteiger partial charge in [-0.1, -0.05) is 13.8 Å². The summed E-state index contributed by atoms with van der Waals surface area (Å²) in [5.74, 6) is 0.235. The van der Waals surface area contributed by atoms with Crippen LogP contribution in [0, 0.1) is 5.92 Å². The number of nitrogens with two attached hydrogens (primary N) is 1. The van der Waals surface area contributed by atoms with Crippen molar-refractivity contribution in [1.82, 2.24) is 9.55 Å². The van der Waals surface area contributed by atoms with Gasteiger partial charge in [0.2, 0.25) is 5.03 Å². The van der Waals surface area contributed by atoms with Crippen LogP contribution < -0.4 is 10.7 Å². The molecule has 1 aromatic heterocycles. The Labute approximate surface area is 87.8 Å². The number of sulfonamides is 1. The van der Waals surface area contributed by atoms with Crippen molar-refractivity contribution in [2.24, 2.45) is 11.1 Å². The van der Waals surface area contributed by atoms with Crippen molar-refractivity contribution in [1.29, 1.82) is 0 Å². The van der Waals surface area contributed by atoms with Gasteiger partial charge in [-0.25, -0.2) is 18.5 Å². The van der Waals surface area contributed by atoms with Crippen molar-refractivity contribution in [2.75, 3.05) is 0 Å². The van der Waals surface area contributed by atoms with E-state index in [9.17, 15) is 13.2 Å². The average Bonchev–Trinajstić information content (AvgIpc) is 2.05. The predicted octanol–water partition coefficient (Wildman–Crippen LogP) is -0.453. The van der Waals surface area contributed by atoms with Crippen LogP contribution in [0.4, 0.5) is 0 Å². The third-order valence-electron chi connectivity index (χ3n) is 1.71. The molecule has 1 heterocycles. The molecular formula is C8H13N3O3S. The number of hydrogen-bond acceptors (Lipinski definition) is 4. The van der Waals surface area contributed by atoms with Crippen LogP contribution in [0.1, 0.15) is 13.8 Å². The monoisotopic (exact) mass is 231 g/mol. The Morgan fingerprint density at radius 1 is 1.53 bits per heavy atom. The lowest BCUT2D eigenvalue weighted by Crippen LogP contribution is -2.31. The average molecular weight is 231 g/mol. The van der Waals surface area contributed by atoms with E-state index in [0.29, 0.717) is 6.54 Å². The molecule has 1 aromatic rings. The van der Waals surface area contributed by atoms with Crippen LogP contribution in [-0.2, 0) is 16.6 Å². The molecule has 0 radical (unpaired) electrons. The smallest absolute Gasteiger partial charge is 0.289 e. The van der Waals surface area contributed by atoms with E-state index in [1.807, 2.05) is 13.8 Å². The molecule has 7 heteroatoms. The quantitative estimate of drug-likeness (QED) is 0.762. The topological polar surface area (TPSA) is 95.1 Å². The van der Waals surface area contributed by atoms with Crippen molar-refractivity contribution in [3.63, 3.8) is 0 Å². The van der Waals surface area contributed by atoms with Gasteiger partial charge in [-0.15, -0.1) is 0 Å². The Hall–Kier alpha value is -1.21. The summed E-state index contributed by atoms with van der Waals surface area (Å²) in [6.45, 7) is 4.27. The summed E-state index contributed by atoms with van der Waals surface area (Å²) in [7, 11) is -4.04. The third-order valence-corrected chi connectivity index (χ3v) is 2.53. The highest BCUT2D eigenvalue weighted by molar-refractivity contribution is 7.89. The Morgan fingerprint density at radius 3 is 2.60 bits per heavy atom. The van der Waals surface area contributed by atoms with E-state index in [1.54, 1.807) is 0 Å². The minimum atomic E-state index is -4.04. The zero-order valence-corrected chi connectivity index (χ0v) is 9.36. The van der Waals surface area contributed by atoms with Gasteiger partial charge in [-0.2, -0.15) is 0 Å². The first-order valence-corrected chi connectivity index (χ1v) is 5.95. The van der Waals surface area contributed by atoms with E-state index in [4.69, 9.17) is 5.14 Å². The molecule has 0 aliphatic heterocycles. The zero-order valence-electron chi connectivity index (χ0n) is 8.54. The van der Waals surface area contributed by atoms with E-state index in [0.717, 1.165) is 0 Å². The van der Waals surface area contributed by atoms with Crippen molar-refractivity contribution < 1.29 is 8.42 Å². The lowest BCUT2D eigenvalue weighted by Gasteiger charge is -2.08. The Morgan fingerprint density at radius 2 is 2.13 bits per heavy atom. The molecule has 0 bridgehead atoms. The largest absolute Gasteiger partial charge is 0.311 e. The summed E-state index contributed by atoms with van der Waals surface area (Å²) < 4.78 is 23.3. The van der Waals surface area contributed by atoms with Gasteiger partial charge in [0, 0.05) is 18.9 Å². The molecule has 0 aliphatic carbocycles. The van der Waals surface area contributed by atoms with Gasteiger partial charge in [0.15, 0.2) is 0 Å². The Kier molecular flexibility index (Phi) is 3.25. The third kappa shape index (κ3) is 2.87. The van der Waals surface area contributed by atoms with E-state index >= 15 is 0 Å². The molecule has 0 aromatic carbocycles. The van der Waals surface area contributed by atoms with Crippen molar-refractivity contribution in [3.05, 3.63) is 22.7 Å². The first-order chi connectivity index (χ1) is 6.82. The first kappa shape index (κ1) is 11.9. The fraction of sp³-hybridized carbons (Fsp3) is 0.500. The number of aromatic nitrogens is 2. The summed E-state index contributed by atoms with van der Waals surface area (Å²) in [6.07, 6.45) is 2.69. The van der Waals surface area contributed by atoms with E-state index in [-0.39, 0.29) is 5.92 Å². The van der Waals surface area contributed by atoms with Gasteiger partial charge in [-0.3, -0.25) is 4.79 Å². The SMILES string of the molecule is CC(C)Cn1ccnc(S(N)(=O)=O)c1=O. The maximum atomic E-state index is 11.6. The lowest BCUT2D eigenvalue weighted by atomic mass is 10.2. The number of hydrogen-bond donors (Lipinski definition) is 1. The van der Waals surface area contributed by atoms with Crippen molar-refractivity contribution in [2.45, 2.75) is 25.4 Å². The van der Waals surface area contributed by atoms with Gasteiger partial charge in [0.25, 0.3) is 15.6 Å². The molecule has 0 amide bonds. The van der Waals surface area contributed by atoms with Crippen LogP contribution in [0.15, 0.2) is 22.2 Å². The molecule has 0 fully saturated rings. The Balaban J connectivity index is 3.31. The summed E-state index contributed by atoms with van der Waals surface area (Å²) >= 11 is 0. The van der Waals surface area contributed by atoms with Crippen LogP contribution in [0.5, 0.6) is 0 Å². The number of primary sulfonamides is 1. The van der Waals surface area contributed by atoms with Crippen LogP contribution in [0.3, 0.4) is 0 Å². The van der Waals surface area contributed by atoms with Crippen LogP contribution in [0.25, 0.3) is 0 Å². The minimum absolute atomic E-state index is 0.235. The summed E-state index contributed by atoms with van der Waals surface area (Å²) in [5.41, 5.74) is -0.672. The van der Waals surface area contributed by atoms with Gasteiger partial charge in [0.05, 0.1) is 0 Å². The minimum Gasteiger partial charge on any atom is -0.311 e. The second kappa shape index (κ2) is 4.11. The van der Waals surface area contributed by atoms with E-state index < -0.39 is 20.6 Å². The standard InChI is InChI=1S/C8H13N3O3S/c1-6(2)5-11-4-3-10-7(8(11)12)15(9,13)14/h3-4,6H,5H2,1-2H3,(H2,9,13,14). The second-order valence-corrected chi connectivity index (χ2v) is 5.11. The normalized spacial score (nSPS) is 12.0. The maximum Gasteiger partial charge on any atom is 0.289 e. The number of nitrogens with zero attached hydrogens (tertiary/aromatic N) is 2. The highest BCUT2D eigenvalue weighted by Gasteiger charge is 2.16. The van der Waals surface area contributed by atoms with E-state index in [2.05, 4.69) is 4.98 Å². The van der Waals surface area contributed by atoms with E-state index in [1.165, 1.54) is 17.0 Å². The first-order valence-electron chi connectivity index (χ1n) is 4.40. The predicted molar refractivity (Wildman–Crippen MR) is 54.7 cm³/mol. The van der Waals surface area contributed by atoms with Gasteiger partial charge >= 0.3 is 0 Å². The number of rotatable bonds is 3. The molecule has 84 valence electrons. The van der Waals surface area contributed by atoms with Gasteiger partial charge in [0.1, 0.15) is 0 Å². The zero-order chi connectivity index (χ0) is 11.6. The summed E-state index contributed by atoms with van der Waals surface area (Å²) in [4.78, 5) is 15.1. The van der Waals surface area contributed by atoms with Crippen LogP contribution in [0.2, 0.25) is 0 Å². The molecule has 15 heavy (non-hydrogen) atoms. The maximum absolute atomic E-state index is 11.6. The summed E-state index contributed by atoms with van der Waals surface area (Å²) in [5, 5.41) is 4.25. The highest BCUT2D eigenvalue weighted by Crippen LogP contribution is 1.98. The summed E-state index contributed by atoms with van der Waals surface area (Å²) in [6, 6.07) is 0. The fourth-order valence-electron chi connectivity index (χ4n) is 1.16. The molecular weight excluding hydrogens is 218 g/mol. The molecule has 0 atom stereocenters. The molecule has 0 saturated carbocycles. The van der Waals surface area contributed by atoms with Gasteiger partial charge < -0.3 is 4.57 Å². The van der Waals surface area contributed by atoms with Gasteiger partial charge in [-0.05, 0) is 5.92 Å². The lowest BCUT2D eigenvalue weighted by molar-refractivity contribution is 0.499. The molecule has 1 rings (SSSR count). The highest BCUT2D eigenvalue weighted by atomic mass is 32.2. The van der Waals surface area contributed by atoms with Crippen LogP contribution in [-0.4, -0.2) is 18.0 Å². The second-order valence-electron chi connectivity index (χ2n) is 3.63. The molecule has 6 nitrogen and oxygen atoms in total. The van der Waals surface area contributed by atoms with Crippen molar-refractivity contribution >= 4 is 10.0 Å². The molecule has 0 unspecified atom stereocenters. The molecule has 0 aliphatic rings. The molecule has 0 spiro atoms. The molecule has 2 N–H and O–H groups in total. The molecule has 0 saturated heterocycles. The van der Waals surface area contributed by atoms with Crippen molar-refractivity contribution in [3.8, 4) is 0 Å². The fourth-order valence-corrected chi connectivity index (χ4v) is 1.73. The Bertz CT molecular complexity index is 504.